The van der Waals surface area contributed by atoms with Crippen LogP contribution in [-0.2, 0) is 33.6 Å². The Labute approximate surface area is 278 Å². The van der Waals surface area contributed by atoms with E-state index < -0.39 is 85.2 Å². The number of nitrogens with one attached hydrogen (secondary N) is 6. The maximum absolute atomic E-state index is 13.1. The van der Waals surface area contributed by atoms with Gasteiger partial charge in [-0.2, -0.15) is 23.5 Å². The van der Waals surface area contributed by atoms with Crippen LogP contribution in [0.4, 0.5) is 4.79 Å². The summed E-state index contributed by atoms with van der Waals surface area (Å²) in [7, 11) is 0. The largest absolute Gasteiger partial charge is 0.481 e. The number of hydrogen-bond acceptors (Lipinski definition) is 11. The molecule has 0 bridgehead atoms. The number of carbonyl (C=O) groups is 8. The average Bonchev–Trinajstić information content (AvgIpc) is 3.56. The molecule has 0 radical (unpaired) electrons. The first-order valence-electron chi connectivity index (χ1n) is 14.9. The first-order valence-corrected chi connectivity index (χ1v) is 17.3. The van der Waals surface area contributed by atoms with Gasteiger partial charge in [0.25, 0.3) is 0 Å². The van der Waals surface area contributed by atoms with Crippen LogP contribution < -0.4 is 31.9 Å². The van der Waals surface area contributed by atoms with Gasteiger partial charge in [0.05, 0.1) is 25.1 Å². The Kier molecular flexibility index (Phi) is 16.6. The SMILES string of the molecule is CSCC[C@H](NC(=O)[C@H](CO)NC(=O)[C@H](CCC(=O)O)NC(=O)CCCC[C@@H]1SC[C@@H]2NC(=O)N[C@@H]21)C(=O)N[C@@H](CC(=O)O)C(=O)O. The maximum Gasteiger partial charge on any atom is 0.326 e. The highest BCUT2D eigenvalue weighted by Crippen LogP contribution is 2.33. The minimum atomic E-state index is -1.78. The summed E-state index contributed by atoms with van der Waals surface area (Å²) in [4.78, 5) is 96.6. The van der Waals surface area contributed by atoms with Crippen LogP contribution in [0.1, 0.15) is 51.4 Å². The van der Waals surface area contributed by atoms with Crippen LogP contribution in [0.2, 0.25) is 0 Å². The lowest BCUT2D eigenvalue weighted by atomic mass is 10.0. The number of urea groups is 1. The number of fused-ring (bicyclic) bond motifs is 1. The molecule has 2 aliphatic rings. The minimum Gasteiger partial charge on any atom is -0.481 e. The molecule has 47 heavy (non-hydrogen) atoms. The van der Waals surface area contributed by atoms with E-state index in [9.17, 15) is 48.6 Å². The van der Waals surface area contributed by atoms with Crippen LogP contribution in [0.5, 0.6) is 0 Å². The Hall–Kier alpha value is -3.78. The fourth-order valence-electron chi connectivity index (χ4n) is 4.97. The van der Waals surface area contributed by atoms with Gasteiger partial charge in [-0.3, -0.25) is 28.8 Å². The van der Waals surface area contributed by atoms with E-state index in [2.05, 4.69) is 31.9 Å². The van der Waals surface area contributed by atoms with Gasteiger partial charge >= 0.3 is 23.9 Å². The van der Waals surface area contributed by atoms with Crippen LogP contribution in [0.25, 0.3) is 0 Å². The Morgan fingerprint density at radius 2 is 1.45 bits per heavy atom. The summed E-state index contributed by atoms with van der Waals surface area (Å²) in [6.45, 7) is -0.943. The molecule has 264 valence electrons. The van der Waals surface area contributed by atoms with Gasteiger partial charge in [0.2, 0.25) is 23.6 Å². The van der Waals surface area contributed by atoms with E-state index in [1.807, 2.05) is 0 Å². The fraction of sp³-hybridized carbons (Fsp3) is 0.704. The van der Waals surface area contributed by atoms with Crippen molar-refractivity contribution in [2.45, 2.75) is 92.9 Å². The standard InChI is InChI=1S/C27H42N6O12S2/c1-46-9-8-14(24(41)30-15(26(43)44)10-21(38)39)29-25(42)16(11-34)31-23(40)13(6-7-20(36)37)28-19(35)5-3-2-4-18-22-17(12-47-18)32-27(45)33-22/h13-18,22,34H,2-12H2,1H3,(H,28,35)(H,29,42)(H,30,41)(H,31,40)(H,36,37)(H,38,39)(H,43,44)(H2,32,33,45)/t13-,14-,15-,16-,17-,18-,22-/m0/s1. The van der Waals surface area contributed by atoms with Crippen LogP contribution in [-0.4, -0.2) is 134 Å². The molecule has 2 aliphatic heterocycles. The number of carboxylic acids is 3. The quantitative estimate of drug-likeness (QED) is 0.0423. The number of carboxylic acid groups (broad SMARTS) is 3. The van der Waals surface area contributed by atoms with Gasteiger partial charge in [-0.05, 0) is 37.7 Å². The average molecular weight is 707 g/mol. The van der Waals surface area contributed by atoms with Gasteiger partial charge in [0, 0.05) is 23.8 Å². The van der Waals surface area contributed by atoms with E-state index in [1.54, 1.807) is 18.0 Å². The van der Waals surface area contributed by atoms with Crippen molar-refractivity contribution in [2.75, 3.05) is 24.4 Å². The first-order chi connectivity index (χ1) is 22.2. The van der Waals surface area contributed by atoms with Crippen LogP contribution in [0, 0.1) is 0 Å². The zero-order chi connectivity index (χ0) is 35.1. The van der Waals surface area contributed by atoms with E-state index in [0.29, 0.717) is 18.6 Å². The molecule has 2 fully saturated rings. The molecule has 2 saturated heterocycles. The molecule has 7 atom stereocenters. The second kappa shape index (κ2) is 19.8. The minimum absolute atomic E-state index is 0.00621. The van der Waals surface area contributed by atoms with Crippen molar-refractivity contribution in [1.29, 1.82) is 0 Å². The van der Waals surface area contributed by atoms with E-state index >= 15 is 0 Å². The van der Waals surface area contributed by atoms with Gasteiger partial charge < -0.3 is 52.3 Å². The van der Waals surface area contributed by atoms with E-state index in [0.717, 1.165) is 12.2 Å². The van der Waals surface area contributed by atoms with E-state index in [1.165, 1.54) is 11.8 Å². The lowest BCUT2D eigenvalue weighted by Gasteiger charge is -2.25. The summed E-state index contributed by atoms with van der Waals surface area (Å²) in [5.74, 6) is -6.71. The van der Waals surface area contributed by atoms with E-state index in [-0.39, 0.29) is 42.6 Å². The number of rotatable bonds is 22. The van der Waals surface area contributed by atoms with Crippen molar-refractivity contribution in [1.82, 2.24) is 31.9 Å². The molecule has 0 aliphatic carbocycles. The number of aliphatic hydroxyl groups excluding tert-OH is 1. The van der Waals surface area contributed by atoms with Crippen molar-refractivity contribution < 1.29 is 58.8 Å². The Morgan fingerprint density at radius 1 is 0.830 bits per heavy atom. The van der Waals surface area contributed by atoms with Crippen LogP contribution >= 0.6 is 23.5 Å². The zero-order valence-electron chi connectivity index (χ0n) is 25.7. The highest BCUT2D eigenvalue weighted by Gasteiger charge is 2.42. The second-order valence-corrected chi connectivity index (χ2v) is 13.3. The number of amides is 6. The van der Waals surface area contributed by atoms with Gasteiger partial charge in [0.1, 0.15) is 24.2 Å². The molecule has 0 aromatic heterocycles. The lowest BCUT2D eigenvalue weighted by Crippen LogP contribution is -2.59. The van der Waals surface area contributed by atoms with Gasteiger partial charge in [-0.15, -0.1) is 0 Å². The molecule has 0 unspecified atom stereocenters. The molecule has 6 amide bonds. The number of aliphatic carboxylic acids is 3. The normalized spacial score (nSPS) is 20.7. The summed E-state index contributed by atoms with van der Waals surface area (Å²) in [5, 5.41) is 52.2. The first kappa shape index (κ1) is 39.4. The van der Waals surface area contributed by atoms with Crippen LogP contribution in [0.15, 0.2) is 0 Å². The Morgan fingerprint density at radius 3 is 2.04 bits per heavy atom. The van der Waals surface area contributed by atoms with Gasteiger partial charge in [0.15, 0.2) is 0 Å². The smallest absolute Gasteiger partial charge is 0.326 e. The second-order valence-electron chi connectivity index (χ2n) is 11.0. The molecular formula is C27H42N6O12S2. The third-order valence-corrected chi connectivity index (χ3v) is 9.58. The predicted octanol–water partition coefficient (Wildman–Crippen LogP) is -2.18. The van der Waals surface area contributed by atoms with Crippen molar-refractivity contribution in [2.24, 2.45) is 0 Å². The van der Waals surface area contributed by atoms with Crippen molar-refractivity contribution >= 4 is 71.1 Å². The summed E-state index contributed by atoms with van der Waals surface area (Å²) >= 11 is 3.04. The Balaban J connectivity index is 1.96. The third kappa shape index (κ3) is 13.5. The fourth-order valence-corrected chi connectivity index (χ4v) is 6.98. The van der Waals surface area contributed by atoms with Gasteiger partial charge in [-0.1, -0.05) is 6.42 Å². The van der Waals surface area contributed by atoms with E-state index in [4.69, 9.17) is 10.2 Å². The lowest BCUT2D eigenvalue weighted by molar-refractivity contribution is -0.147. The topological polar surface area (TPSA) is 290 Å². The molecule has 0 aromatic rings. The molecule has 2 rings (SSSR count). The summed E-state index contributed by atoms with van der Waals surface area (Å²) in [6, 6.07) is -6.23. The monoisotopic (exact) mass is 706 g/mol. The molecule has 2 heterocycles. The number of unbranched alkanes of at least 4 members (excludes halogenated alkanes) is 1. The number of aliphatic hydroxyl groups is 1. The zero-order valence-corrected chi connectivity index (χ0v) is 27.3. The van der Waals surface area contributed by atoms with Crippen molar-refractivity contribution in [3.63, 3.8) is 0 Å². The Bertz CT molecular complexity index is 1180. The third-order valence-electron chi connectivity index (χ3n) is 7.43. The number of thioether (sulfide) groups is 2. The molecule has 0 spiro atoms. The maximum atomic E-state index is 13.1. The summed E-state index contributed by atoms with van der Waals surface area (Å²) in [5.41, 5.74) is 0. The summed E-state index contributed by atoms with van der Waals surface area (Å²) < 4.78 is 0. The molecular weight excluding hydrogens is 664 g/mol. The molecule has 20 heteroatoms. The number of carbonyl (C=O) groups excluding carboxylic acids is 5. The predicted molar refractivity (Wildman–Crippen MR) is 169 cm³/mol. The highest BCUT2D eigenvalue weighted by molar-refractivity contribution is 8.00. The number of hydrogen-bond donors (Lipinski definition) is 10. The van der Waals surface area contributed by atoms with Crippen molar-refractivity contribution in [3.05, 3.63) is 0 Å². The summed E-state index contributed by atoms with van der Waals surface area (Å²) in [6.07, 6.45) is 1.89. The molecule has 18 nitrogen and oxygen atoms in total. The molecule has 0 saturated carbocycles. The van der Waals surface area contributed by atoms with Crippen molar-refractivity contribution in [3.8, 4) is 0 Å². The molecule has 10 N–H and O–H groups in total. The highest BCUT2D eigenvalue weighted by atomic mass is 32.2. The van der Waals surface area contributed by atoms with Crippen LogP contribution in [0.3, 0.4) is 0 Å². The molecule has 0 aromatic carbocycles. The van der Waals surface area contributed by atoms with Gasteiger partial charge in [-0.25, -0.2) is 9.59 Å².